The van der Waals surface area contributed by atoms with Gasteiger partial charge in [-0.2, -0.15) is 0 Å². The number of benzene rings is 2. The number of hydrogen-bond donors (Lipinski definition) is 1. The Morgan fingerprint density at radius 1 is 0.897 bits per heavy atom. The van der Waals surface area contributed by atoms with E-state index in [4.69, 9.17) is 0 Å². The van der Waals surface area contributed by atoms with Crippen molar-refractivity contribution in [3.63, 3.8) is 0 Å². The second-order valence-electron chi connectivity index (χ2n) is 6.97. The number of carbonyl (C=O) groups is 2. The molecule has 148 valence electrons. The Hall–Kier alpha value is -3.47. The van der Waals surface area contributed by atoms with E-state index in [1.54, 1.807) is 23.1 Å². The summed E-state index contributed by atoms with van der Waals surface area (Å²) in [5.41, 5.74) is 4.51. The van der Waals surface area contributed by atoms with Crippen LogP contribution in [0.4, 0.5) is 5.69 Å². The Balaban J connectivity index is 1.75. The van der Waals surface area contributed by atoms with E-state index in [9.17, 15) is 9.59 Å². The van der Waals surface area contributed by atoms with Crippen molar-refractivity contribution in [1.29, 1.82) is 0 Å². The molecule has 0 aliphatic rings. The van der Waals surface area contributed by atoms with Gasteiger partial charge in [-0.25, -0.2) is 4.98 Å². The summed E-state index contributed by atoms with van der Waals surface area (Å²) in [6.07, 6.45) is 0. The molecule has 3 aromatic rings. The molecule has 2 aromatic carbocycles. The topological polar surface area (TPSA) is 62.3 Å². The highest BCUT2D eigenvalue weighted by atomic mass is 16.2. The molecule has 0 saturated heterocycles. The molecule has 1 N–H and O–H groups in total. The van der Waals surface area contributed by atoms with Crippen molar-refractivity contribution in [2.75, 3.05) is 11.4 Å². The first kappa shape index (κ1) is 20.3. The van der Waals surface area contributed by atoms with Gasteiger partial charge < -0.3 is 10.2 Å². The lowest BCUT2D eigenvalue weighted by Gasteiger charge is -2.21. The highest BCUT2D eigenvalue weighted by molar-refractivity contribution is 6.05. The second-order valence-corrected chi connectivity index (χ2v) is 6.97. The van der Waals surface area contributed by atoms with Crippen LogP contribution in [0.1, 0.15) is 44.6 Å². The number of nitrogens with one attached hydrogen (secondary N) is 1. The predicted molar refractivity (Wildman–Crippen MR) is 115 cm³/mol. The summed E-state index contributed by atoms with van der Waals surface area (Å²) in [4.78, 5) is 31.5. The number of nitrogens with zero attached hydrogens (tertiary/aromatic N) is 2. The first-order chi connectivity index (χ1) is 14.0. The number of hydrogen-bond acceptors (Lipinski definition) is 3. The molecule has 0 atom stereocenters. The van der Waals surface area contributed by atoms with Gasteiger partial charge in [0.15, 0.2) is 0 Å². The van der Waals surface area contributed by atoms with Crippen molar-refractivity contribution in [1.82, 2.24) is 10.3 Å². The van der Waals surface area contributed by atoms with E-state index in [-0.39, 0.29) is 23.2 Å². The van der Waals surface area contributed by atoms with Crippen LogP contribution in [-0.2, 0) is 6.54 Å². The van der Waals surface area contributed by atoms with Crippen LogP contribution in [0, 0.1) is 13.8 Å². The lowest BCUT2D eigenvalue weighted by Crippen LogP contribution is -2.32. The second kappa shape index (κ2) is 9.15. The summed E-state index contributed by atoms with van der Waals surface area (Å²) in [5, 5.41) is 2.86. The first-order valence-corrected chi connectivity index (χ1v) is 9.67. The fourth-order valence-corrected chi connectivity index (χ4v) is 3.15. The minimum atomic E-state index is -0.306. The Bertz CT molecular complexity index is 1030. The largest absolute Gasteiger partial charge is 0.347 e. The van der Waals surface area contributed by atoms with E-state index in [0.717, 1.165) is 22.4 Å². The van der Waals surface area contributed by atoms with Gasteiger partial charge in [0.2, 0.25) is 0 Å². The summed E-state index contributed by atoms with van der Waals surface area (Å²) in [5.74, 6) is -0.536. The van der Waals surface area contributed by atoms with Gasteiger partial charge in [-0.15, -0.1) is 0 Å². The van der Waals surface area contributed by atoms with Crippen LogP contribution >= 0.6 is 0 Å². The van der Waals surface area contributed by atoms with Crippen LogP contribution in [0.15, 0.2) is 66.7 Å². The Morgan fingerprint density at radius 3 is 2.24 bits per heavy atom. The zero-order chi connectivity index (χ0) is 20.8. The zero-order valence-corrected chi connectivity index (χ0v) is 17.0. The van der Waals surface area contributed by atoms with Gasteiger partial charge in [-0.05, 0) is 56.2 Å². The van der Waals surface area contributed by atoms with Gasteiger partial charge in [0.1, 0.15) is 11.4 Å². The molecule has 0 spiro atoms. The molecule has 5 nitrogen and oxygen atoms in total. The normalized spacial score (nSPS) is 10.4. The standard InChI is InChI=1S/C24H25N3O2/c1-4-27(20-11-6-9-18(3)15-20)24(29)22-13-7-12-21(26-22)23(28)25-16-19-10-5-8-17(2)14-19/h5-15H,4,16H2,1-3H3,(H,25,28). The smallest absolute Gasteiger partial charge is 0.276 e. The Morgan fingerprint density at radius 2 is 1.55 bits per heavy atom. The summed E-state index contributed by atoms with van der Waals surface area (Å²) < 4.78 is 0. The van der Waals surface area contributed by atoms with Crippen molar-refractivity contribution in [3.05, 3.63) is 94.8 Å². The SMILES string of the molecule is CCN(C(=O)c1cccc(C(=O)NCc2cccc(C)c2)n1)c1cccc(C)c1. The highest BCUT2D eigenvalue weighted by Gasteiger charge is 2.19. The minimum Gasteiger partial charge on any atom is -0.347 e. The third-order valence-corrected chi connectivity index (χ3v) is 4.61. The van der Waals surface area contributed by atoms with Crippen molar-refractivity contribution >= 4 is 17.5 Å². The average Bonchev–Trinajstić information content (AvgIpc) is 2.73. The third kappa shape index (κ3) is 5.08. The number of carbonyl (C=O) groups excluding carboxylic acids is 2. The zero-order valence-electron chi connectivity index (χ0n) is 17.0. The molecule has 0 saturated carbocycles. The quantitative estimate of drug-likeness (QED) is 0.686. The molecule has 3 rings (SSSR count). The van der Waals surface area contributed by atoms with E-state index < -0.39 is 0 Å². The maximum atomic E-state index is 13.0. The number of pyridine rings is 1. The molecule has 29 heavy (non-hydrogen) atoms. The van der Waals surface area contributed by atoms with Crippen molar-refractivity contribution < 1.29 is 9.59 Å². The number of anilines is 1. The fraction of sp³-hybridized carbons (Fsp3) is 0.208. The van der Waals surface area contributed by atoms with Gasteiger partial charge in [0, 0.05) is 18.8 Å². The van der Waals surface area contributed by atoms with Crippen LogP contribution in [0.25, 0.3) is 0 Å². The van der Waals surface area contributed by atoms with Crippen molar-refractivity contribution in [3.8, 4) is 0 Å². The molecule has 0 unspecified atom stereocenters. The molecular formula is C24H25N3O2. The van der Waals surface area contributed by atoms with Gasteiger partial charge in [-0.3, -0.25) is 9.59 Å². The summed E-state index contributed by atoms with van der Waals surface area (Å²) >= 11 is 0. The predicted octanol–water partition coefficient (Wildman–Crippen LogP) is 4.30. The van der Waals surface area contributed by atoms with E-state index in [1.807, 2.05) is 69.3 Å². The lowest BCUT2D eigenvalue weighted by atomic mass is 10.1. The molecular weight excluding hydrogens is 362 g/mol. The number of rotatable bonds is 6. The van der Waals surface area contributed by atoms with Gasteiger partial charge >= 0.3 is 0 Å². The number of aromatic nitrogens is 1. The van der Waals surface area contributed by atoms with Crippen LogP contribution in [0.2, 0.25) is 0 Å². The summed E-state index contributed by atoms with van der Waals surface area (Å²) in [6.45, 7) is 6.83. The van der Waals surface area contributed by atoms with E-state index in [2.05, 4.69) is 10.3 Å². The average molecular weight is 387 g/mol. The molecule has 1 heterocycles. The number of aryl methyl sites for hydroxylation is 2. The van der Waals surface area contributed by atoms with Crippen LogP contribution in [0.5, 0.6) is 0 Å². The molecule has 1 aromatic heterocycles. The molecule has 0 radical (unpaired) electrons. The summed E-state index contributed by atoms with van der Waals surface area (Å²) in [6, 6.07) is 20.6. The molecule has 0 fully saturated rings. The van der Waals surface area contributed by atoms with Crippen LogP contribution in [-0.4, -0.2) is 23.3 Å². The highest BCUT2D eigenvalue weighted by Crippen LogP contribution is 2.18. The van der Waals surface area contributed by atoms with Gasteiger partial charge in [-0.1, -0.05) is 48.0 Å². The van der Waals surface area contributed by atoms with Gasteiger partial charge in [0.25, 0.3) is 11.8 Å². The fourth-order valence-electron chi connectivity index (χ4n) is 3.15. The minimum absolute atomic E-state index is 0.226. The molecule has 2 amide bonds. The molecule has 0 aliphatic carbocycles. The van der Waals surface area contributed by atoms with Crippen molar-refractivity contribution in [2.45, 2.75) is 27.3 Å². The monoisotopic (exact) mass is 387 g/mol. The number of amides is 2. The van der Waals surface area contributed by atoms with Crippen LogP contribution < -0.4 is 10.2 Å². The first-order valence-electron chi connectivity index (χ1n) is 9.67. The molecule has 0 bridgehead atoms. The van der Waals surface area contributed by atoms with E-state index in [0.29, 0.717) is 13.1 Å². The Kier molecular flexibility index (Phi) is 6.39. The maximum Gasteiger partial charge on any atom is 0.276 e. The van der Waals surface area contributed by atoms with E-state index in [1.165, 1.54) is 0 Å². The van der Waals surface area contributed by atoms with Crippen LogP contribution in [0.3, 0.4) is 0 Å². The lowest BCUT2D eigenvalue weighted by molar-refractivity contribution is 0.0945. The van der Waals surface area contributed by atoms with Gasteiger partial charge in [0.05, 0.1) is 0 Å². The summed E-state index contributed by atoms with van der Waals surface area (Å²) in [7, 11) is 0. The molecule has 5 heteroatoms. The Labute approximate surface area is 171 Å². The van der Waals surface area contributed by atoms with E-state index >= 15 is 0 Å². The third-order valence-electron chi connectivity index (χ3n) is 4.61. The maximum absolute atomic E-state index is 13.0. The van der Waals surface area contributed by atoms with Crippen molar-refractivity contribution in [2.24, 2.45) is 0 Å². The molecule has 0 aliphatic heterocycles.